The molecule has 0 bridgehead atoms. The van der Waals surface area contributed by atoms with Gasteiger partial charge in [-0.2, -0.15) is 5.10 Å². The largest absolute Gasteiger partial charge is 0.279 e. The topological polar surface area (TPSA) is 24.4 Å². The highest BCUT2D eigenvalue weighted by atomic mass is 127. The van der Waals surface area contributed by atoms with Crippen molar-refractivity contribution in [3.05, 3.63) is 62.1 Å². The zero-order chi connectivity index (χ0) is 12.1. The minimum Gasteiger partial charge on any atom is -0.279 e. The van der Waals surface area contributed by atoms with E-state index in [4.69, 9.17) is 0 Å². The van der Waals surface area contributed by atoms with Gasteiger partial charge in [-0.3, -0.25) is 5.43 Å². The summed E-state index contributed by atoms with van der Waals surface area (Å²) >= 11 is 5.77. The van der Waals surface area contributed by atoms with E-state index < -0.39 is 0 Å². The SMILES string of the molecule is Brc1cc(C=NNc2ccccc2)ccc1I. The Labute approximate surface area is 122 Å². The molecule has 0 aliphatic heterocycles. The Bertz CT molecular complexity index is 526. The van der Waals surface area contributed by atoms with Crippen molar-refractivity contribution in [2.24, 2.45) is 5.10 Å². The quantitative estimate of drug-likeness (QED) is 0.458. The van der Waals surface area contributed by atoms with Crippen molar-refractivity contribution < 1.29 is 0 Å². The lowest BCUT2D eigenvalue weighted by molar-refractivity contribution is 1.35. The maximum atomic E-state index is 4.18. The molecule has 0 amide bonds. The van der Waals surface area contributed by atoms with Crippen molar-refractivity contribution in [1.82, 2.24) is 0 Å². The zero-order valence-corrected chi connectivity index (χ0v) is 12.6. The van der Waals surface area contributed by atoms with E-state index in [0.717, 1.165) is 15.7 Å². The lowest BCUT2D eigenvalue weighted by Crippen LogP contribution is -1.90. The van der Waals surface area contributed by atoms with E-state index in [2.05, 4.69) is 55.1 Å². The molecule has 0 unspecified atom stereocenters. The highest BCUT2D eigenvalue weighted by Crippen LogP contribution is 2.19. The first kappa shape index (κ1) is 12.6. The number of anilines is 1. The van der Waals surface area contributed by atoms with Crippen molar-refractivity contribution >= 4 is 50.4 Å². The summed E-state index contributed by atoms with van der Waals surface area (Å²) in [6, 6.07) is 16.0. The Morgan fingerprint density at radius 1 is 1.12 bits per heavy atom. The third-order valence-electron chi connectivity index (χ3n) is 2.12. The van der Waals surface area contributed by atoms with E-state index in [-0.39, 0.29) is 0 Å². The number of hydrogen-bond donors (Lipinski definition) is 1. The molecular formula is C13H10BrIN2. The fourth-order valence-electron chi connectivity index (χ4n) is 1.29. The molecular weight excluding hydrogens is 391 g/mol. The van der Waals surface area contributed by atoms with Gasteiger partial charge in [0.15, 0.2) is 0 Å². The van der Waals surface area contributed by atoms with Crippen LogP contribution >= 0.6 is 38.5 Å². The van der Waals surface area contributed by atoms with Gasteiger partial charge in [0.2, 0.25) is 0 Å². The summed E-state index contributed by atoms with van der Waals surface area (Å²) in [6.45, 7) is 0. The molecule has 2 aromatic rings. The van der Waals surface area contributed by atoms with Crippen LogP contribution in [0.1, 0.15) is 5.56 Å². The molecule has 2 nitrogen and oxygen atoms in total. The van der Waals surface area contributed by atoms with Crippen LogP contribution in [0.3, 0.4) is 0 Å². The molecule has 1 N–H and O–H groups in total. The number of hydrazone groups is 1. The fraction of sp³-hybridized carbons (Fsp3) is 0. The van der Waals surface area contributed by atoms with E-state index in [9.17, 15) is 0 Å². The maximum Gasteiger partial charge on any atom is 0.0561 e. The number of hydrogen-bond acceptors (Lipinski definition) is 2. The van der Waals surface area contributed by atoms with Crippen LogP contribution in [0, 0.1) is 3.57 Å². The van der Waals surface area contributed by atoms with Crippen LogP contribution in [0.5, 0.6) is 0 Å². The standard InChI is InChI=1S/C13H10BrIN2/c14-12-8-10(6-7-13(12)15)9-16-17-11-4-2-1-3-5-11/h1-9,17H. The van der Waals surface area contributed by atoms with Crippen molar-refractivity contribution in [1.29, 1.82) is 0 Å². The van der Waals surface area contributed by atoms with Crippen LogP contribution in [0.2, 0.25) is 0 Å². The average molecular weight is 401 g/mol. The molecule has 0 aliphatic carbocycles. The molecule has 0 atom stereocenters. The predicted molar refractivity (Wildman–Crippen MR) is 84.5 cm³/mol. The lowest BCUT2D eigenvalue weighted by Gasteiger charge is -2.00. The summed E-state index contributed by atoms with van der Waals surface area (Å²) in [6.07, 6.45) is 1.80. The number of rotatable bonds is 3. The van der Waals surface area contributed by atoms with E-state index in [1.165, 1.54) is 3.57 Å². The van der Waals surface area contributed by atoms with Crippen LogP contribution in [-0.2, 0) is 0 Å². The first-order chi connectivity index (χ1) is 8.25. The molecule has 2 rings (SSSR count). The molecule has 4 heteroatoms. The van der Waals surface area contributed by atoms with Gasteiger partial charge in [0.25, 0.3) is 0 Å². The van der Waals surface area contributed by atoms with Crippen molar-refractivity contribution in [3.8, 4) is 0 Å². The molecule has 86 valence electrons. The molecule has 0 fully saturated rings. The van der Waals surface area contributed by atoms with Gasteiger partial charge >= 0.3 is 0 Å². The minimum absolute atomic E-state index is 0.980. The van der Waals surface area contributed by atoms with Crippen molar-refractivity contribution in [2.75, 3.05) is 5.43 Å². The van der Waals surface area contributed by atoms with Crippen LogP contribution in [0.25, 0.3) is 0 Å². The Balaban J connectivity index is 2.03. The molecule has 0 aromatic heterocycles. The lowest BCUT2D eigenvalue weighted by atomic mass is 10.2. The third kappa shape index (κ3) is 3.81. The summed E-state index contributed by atoms with van der Waals surface area (Å²) in [4.78, 5) is 0. The van der Waals surface area contributed by atoms with Crippen molar-refractivity contribution in [3.63, 3.8) is 0 Å². The van der Waals surface area contributed by atoms with Crippen molar-refractivity contribution in [2.45, 2.75) is 0 Å². The first-order valence-corrected chi connectivity index (χ1v) is 6.92. The highest BCUT2D eigenvalue weighted by molar-refractivity contribution is 14.1. The summed E-state index contributed by atoms with van der Waals surface area (Å²) in [5.41, 5.74) is 5.02. The molecule has 0 radical (unpaired) electrons. The molecule has 0 saturated carbocycles. The number of nitrogens with one attached hydrogen (secondary N) is 1. The van der Waals surface area contributed by atoms with Gasteiger partial charge in [0.05, 0.1) is 11.9 Å². The first-order valence-electron chi connectivity index (χ1n) is 5.05. The van der Waals surface area contributed by atoms with E-state index in [1.54, 1.807) is 6.21 Å². The fourth-order valence-corrected chi connectivity index (χ4v) is 2.02. The summed E-state index contributed by atoms with van der Waals surface area (Å²) in [5.74, 6) is 0. The predicted octanol–water partition coefficient (Wildman–Crippen LogP) is 4.50. The van der Waals surface area contributed by atoms with Gasteiger partial charge in [-0.25, -0.2) is 0 Å². The molecule has 2 aromatic carbocycles. The normalized spacial score (nSPS) is 10.7. The van der Waals surface area contributed by atoms with Gasteiger partial charge in [0, 0.05) is 8.04 Å². The molecule has 0 aliphatic rings. The van der Waals surface area contributed by atoms with Gasteiger partial charge < -0.3 is 0 Å². The van der Waals surface area contributed by atoms with Crippen LogP contribution < -0.4 is 5.43 Å². The Morgan fingerprint density at radius 3 is 2.59 bits per heavy atom. The monoisotopic (exact) mass is 400 g/mol. The van der Waals surface area contributed by atoms with E-state index >= 15 is 0 Å². The average Bonchev–Trinajstić information content (AvgIpc) is 2.35. The van der Waals surface area contributed by atoms with Gasteiger partial charge in [-0.05, 0) is 68.3 Å². The molecule has 0 heterocycles. The van der Waals surface area contributed by atoms with Gasteiger partial charge in [-0.1, -0.05) is 24.3 Å². The minimum atomic E-state index is 0.980. The second kappa shape index (κ2) is 6.16. The second-order valence-electron chi connectivity index (χ2n) is 3.41. The van der Waals surface area contributed by atoms with Crippen LogP contribution in [0.15, 0.2) is 58.1 Å². The summed E-state index contributed by atoms with van der Waals surface area (Å²) in [7, 11) is 0. The molecule has 17 heavy (non-hydrogen) atoms. The number of nitrogens with zero attached hydrogens (tertiary/aromatic N) is 1. The third-order valence-corrected chi connectivity index (χ3v) is 4.46. The second-order valence-corrected chi connectivity index (χ2v) is 5.43. The molecule has 0 saturated heterocycles. The number of halogens is 2. The number of benzene rings is 2. The summed E-state index contributed by atoms with van der Waals surface area (Å²) in [5, 5.41) is 4.18. The Morgan fingerprint density at radius 2 is 1.88 bits per heavy atom. The smallest absolute Gasteiger partial charge is 0.0561 e. The highest BCUT2D eigenvalue weighted by Gasteiger charge is 1.95. The Hall–Kier alpha value is -0.880. The number of para-hydroxylation sites is 1. The summed E-state index contributed by atoms with van der Waals surface area (Å²) < 4.78 is 2.28. The van der Waals surface area contributed by atoms with Crippen LogP contribution in [-0.4, -0.2) is 6.21 Å². The Kier molecular flexibility index (Phi) is 4.56. The maximum absolute atomic E-state index is 4.18. The molecule has 0 spiro atoms. The van der Waals surface area contributed by atoms with E-state index in [0.29, 0.717) is 0 Å². The van der Waals surface area contributed by atoms with Gasteiger partial charge in [0.1, 0.15) is 0 Å². The van der Waals surface area contributed by atoms with Gasteiger partial charge in [-0.15, -0.1) is 0 Å². The zero-order valence-electron chi connectivity index (χ0n) is 8.90. The van der Waals surface area contributed by atoms with Crippen LogP contribution in [0.4, 0.5) is 5.69 Å². The van der Waals surface area contributed by atoms with E-state index in [1.807, 2.05) is 42.5 Å².